The average Bonchev–Trinajstić information content (AvgIpc) is 3.65. The first kappa shape index (κ1) is 25.1. The molecule has 6 nitrogen and oxygen atoms in total. The summed E-state index contributed by atoms with van der Waals surface area (Å²) in [7, 11) is 0. The largest absolute Gasteiger partial charge is 0.472 e. The van der Waals surface area contributed by atoms with Crippen LogP contribution < -0.4 is 20.7 Å². The molecular weight excluding hydrogens is 474 g/mol. The van der Waals surface area contributed by atoms with Crippen molar-refractivity contribution in [2.45, 2.75) is 51.3 Å². The van der Waals surface area contributed by atoms with Crippen molar-refractivity contribution < 1.29 is 18.3 Å². The maximum Gasteiger partial charge on any atom is 0.255 e. The topological polar surface area (TPSA) is 80.5 Å². The number of anilines is 1. The van der Waals surface area contributed by atoms with Gasteiger partial charge in [-0.05, 0) is 62.3 Å². The number of nitrogens with two attached hydrogens (primary N) is 1. The molecule has 2 atom stereocenters. The Hall–Kier alpha value is -3.52. The van der Waals surface area contributed by atoms with E-state index in [1.165, 1.54) is 18.3 Å². The smallest absolute Gasteiger partial charge is 0.255 e. The van der Waals surface area contributed by atoms with Gasteiger partial charge < -0.3 is 20.7 Å². The van der Waals surface area contributed by atoms with Crippen LogP contribution in [0.1, 0.15) is 49.0 Å². The molecule has 1 amide bonds. The third-order valence-corrected chi connectivity index (χ3v) is 7.14. The number of benzene rings is 2. The van der Waals surface area contributed by atoms with Crippen molar-refractivity contribution in [2.75, 3.05) is 18.0 Å². The van der Waals surface area contributed by atoms with Gasteiger partial charge in [0.1, 0.15) is 18.2 Å². The van der Waals surface area contributed by atoms with Crippen LogP contribution in [0.5, 0.6) is 5.88 Å². The zero-order valence-corrected chi connectivity index (χ0v) is 21.1. The van der Waals surface area contributed by atoms with Gasteiger partial charge in [-0.2, -0.15) is 0 Å². The summed E-state index contributed by atoms with van der Waals surface area (Å²) < 4.78 is 35.0. The SMILES string of the molecule is C[C@H](NC(=O)c1cnc(OCc2ccccc2)c(-c2cc(F)cc(F)c2)c1N1CC[C@](C)(N)C1)C1CC1. The number of nitrogens with one attached hydrogen (secondary N) is 1. The number of hydrogen-bond acceptors (Lipinski definition) is 5. The van der Waals surface area contributed by atoms with Gasteiger partial charge in [0.2, 0.25) is 5.88 Å². The molecule has 2 heterocycles. The zero-order chi connectivity index (χ0) is 26.2. The molecule has 194 valence electrons. The Morgan fingerprint density at radius 1 is 1.22 bits per heavy atom. The summed E-state index contributed by atoms with van der Waals surface area (Å²) in [5, 5.41) is 3.10. The van der Waals surface area contributed by atoms with Gasteiger partial charge in [-0.1, -0.05) is 30.3 Å². The highest BCUT2D eigenvalue weighted by molar-refractivity contribution is 6.04. The molecule has 0 radical (unpaired) electrons. The summed E-state index contributed by atoms with van der Waals surface area (Å²) in [4.78, 5) is 20.0. The molecule has 37 heavy (non-hydrogen) atoms. The van der Waals surface area contributed by atoms with E-state index in [4.69, 9.17) is 10.5 Å². The number of ether oxygens (including phenoxy) is 1. The van der Waals surface area contributed by atoms with Crippen molar-refractivity contribution in [1.82, 2.24) is 10.3 Å². The Morgan fingerprint density at radius 2 is 1.92 bits per heavy atom. The standard InChI is InChI=1S/C29H32F2N4O2/c1-18(20-8-9-20)34-27(36)24-15-33-28(37-16-19-6-4-3-5-7-19)25(21-12-22(30)14-23(31)13-21)26(24)35-11-10-29(2,32)17-35/h3-7,12-15,18,20H,8-11,16-17,32H2,1-2H3,(H,34,36)/t18-,29-/m0/s1. The molecule has 1 aliphatic carbocycles. The van der Waals surface area contributed by atoms with Crippen LogP contribution in [-0.4, -0.2) is 35.6 Å². The van der Waals surface area contributed by atoms with E-state index in [1.807, 2.05) is 49.1 Å². The van der Waals surface area contributed by atoms with Gasteiger partial charge in [0.05, 0.1) is 16.8 Å². The molecule has 2 aliphatic rings. The van der Waals surface area contributed by atoms with E-state index in [0.717, 1.165) is 24.5 Å². The molecule has 0 bridgehead atoms. The molecule has 1 saturated heterocycles. The predicted molar refractivity (Wildman–Crippen MR) is 139 cm³/mol. The fraction of sp³-hybridized carbons (Fsp3) is 0.379. The molecule has 2 fully saturated rings. The molecule has 0 spiro atoms. The van der Waals surface area contributed by atoms with Gasteiger partial charge in [0, 0.05) is 36.9 Å². The minimum Gasteiger partial charge on any atom is -0.472 e. The molecule has 1 aromatic heterocycles. The third-order valence-electron chi connectivity index (χ3n) is 7.14. The molecule has 8 heteroatoms. The van der Waals surface area contributed by atoms with E-state index in [2.05, 4.69) is 10.3 Å². The van der Waals surface area contributed by atoms with Crippen LogP contribution in [0.2, 0.25) is 0 Å². The molecule has 5 rings (SSSR count). The Labute approximate surface area is 215 Å². The molecule has 1 saturated carbocycles. The Kier molecular flexibility index (Phi) is 6.86. The van der Waals surface area contributed by atoms with Gasteiger partial charge >= 0.3 is 0 Å². The van der Waals surface area contributed by atoms with Crippen LogP contribution in [-0.2, 0) is 6.61 Å². The van der Waals surface area contributed by atoms with Gasteiger partial charge in [-0.15, -0.1) is 0 Å². The lowest BCUT2D eigenvalue weighted by Gasteiger charge is -2.28. The second kappa shape index (κ2) is 10.1. The van der Waals surface area contributed by atoms with Crippen LogP contribution in [0.15, 0.2) is 54.7 Å². The number of carbonyl (C=O) groups is 1. The number of halogens is 2. The van der Waals surface area contributed by atoms with E-state index in [9.17, 15) is 13.6 Å². The normalized spacial score (nSPS) is 20.1. The second-order valence-corrected chi connectivity index (χ2v) is 10.6. The van der Waals surface area contributed by atoms with Gasteiger partial charge in [-0.3, -0.25) is 4.79 Å². The lowest BCUT2D eigenvalue weighted by atomic mass is 9.99. The Morgan fingerprint density at radius 3 is 2.54 bits per heavy atom. The monoisotopic (exact) mass is 506 g/mol. The number of pyridine rings is 1. The number of aromatic nitrogens is 1. The number of amides is 1. The maximum atomic E-state index is 14.4. The highest BCUT2D eigenvalue weighted by atomic mass is 19.1. The van der Waals surface area contributed by atoms with Gasteiger partial charge in [0.15, 0.2) is 0 Å². The molecule has 1 aliphatic heterocycles. The van der Waals surface area contributed by atoms with Crippen molar-refractivity contribution in [3.05, 3.63) is 77.5 Å². The van der Waals surface area contributed by atoms with Crippen LogP contribution >= 0.6 is 0 Å². The first-order valence-electron chi connectivity index (χ1n) is 12.7. The number of hydrogen-bond donors (Lipinski definition) is 2. The van der Waals surface area contributed by atoms with E-state index < -0.39 is 17.2 Å². The summed E-state index contributed by atoms with van der Waals surface area (Å²) in [6.07, 6.45) is 4.37. The summed E-state index contributed by atoms with van der Waals surface area (Å²) in [6.45, 7) is 5.21. The van der Waals surface area contributed by atoms with Gasteiger partial charge in [-0.25, -0.2) is 13.8 Å². The lowest BCUT2D eigenvalue weighted by molar-refractivity contribution is 0.0936. The van der Waals surface area contributed by atoms with E-state index in [0.29, 0.717) is 42.2 Å². The minimum atomic E-state index is -0.725. The second-order valence-electron chi connectivity index (χ2n) is 10.6. The van der Waals surface area contributed by atoms with Crippen LogP contribution in [0, 0.1) is 17.6 Å². The number of rotatable bonds is 8. The first-order chi connectivity index (χ1) is 17.7. The highest BCUT2D eigenvalue weighted by Gasteiger charge is 2.36. The van der Waals surface area contributed by atoms with E-state index in [1.54, 1.807) is 0 Å². The fourth-order valence-electron chi connectivity index (χ4n) is 4.95. The summed E-state index contributed by atoms with van der Waals surface area (Å²) in [5.41, 5.74) is 8.38. The zero-order valence-electron chi connectivity index (χ0n) is 21.1. The summed E-state index contributed by atoms with van der Waals surface area (Å²) >= 11 is 0. The van der Waals surface area contributed by atoms with Crippen molar-refractivity contribution in [1.29, 1.82) is 0 Å². The molecule has 3 aromatic rings. The molecule has 0 unspecified atom stereocenters. The average molecular weight is 507 g/mol. The quantitative estimate of drug-likeness (QED) is 0.446. The number of carbonyl (C=O) groups excluding carboxylic acids is 1. The van der Waals surface area contributed by atoms with Gasteiger partial charge in [0.25, 0.3) is 5.91 Å². The van der Waals surface area contributed by atoms with Crippen LogP contribution in [0.4, 0.5) is 14.5 Å². The highest BCUT2D eigenvalue weighted by Crippen LogP contribution is 2.43. The predicted octanol–water partition coefficient (Wildman–Crippen LogP) is 5.06. The summed E-state index contributed by atoms with van der Waals surface area (Å²) in [6, 6.07) is 12.9. The first-order valence-corrected chi connectivity index (χ1v) is 12.7. The van der Waals surface area contributed by atoms with Crippen LogP contribution in [0.25, 0.3) is 11.1 Å². The molecular formula is C29H32F2N4O2. The lowest BCUT2D eigenvalue weighted by Crippen LogP contribution is -2.40. The van der Waals surface area contributed by atoms with E-state index >= 15 is 0 Å². The number of nitrogens with zero attached hydrogens (tertiary/aromatic N) is 2. The van der Waals surface area contributed by atoms with Crippen molar-refractivity contribution in [3.63, 3.8) is 0 Å². The van der Waals surface area contributed by atoms with Crippen LogP contribution in [0.3, 0.4) is 0 Å². The molecule has 2 aromatic carbocycles. The molecule has 3 N–H and O–H groups in total. The minimum absolute atomic E-state index is 0.0165. The summed E-state index contributed by atoms with van der Waals surface area (Å²) in [5.74, 6) is -1.07. The van der Waals surface area contributed by atoms with Crippen molar-refractivity contribution in [3.8, 4) is 17.0 Å². The Balaban J connectivity index is 1.64. The fourth-order valence-corrected chi connectivity index (χ4v) is 4.95. The van der Waals surface area contributed by atoms with Crippen molar-refractivity contribution >= 4 is 11.6 Å². The van der Waals surface area contributed by atoms with Crippen molar-refractivity contribution in [2.24, 2.45) is 11.7 Å². The maximum absolute atomic E-state index is 14.4. The third kappa shape index (κ3) is 5.74. The Bertz CT molecular complexity index is 1270. The van der Waals surface area contributed by atoms with E-state index in [-0.39, 0.29) is 30.0 Å².